The monoisotopic (exact) mass is 422 g/mol. The van der Waals surface area contributed by atoms with E-state index in [0.29, 0.717) is 11.3 Å². The second-order valence-corrected chi connectivity index (χ2v) is 8.81. The van der Waals surface area contributed by atoms with Crippen LogP contribution in [0.2, 0.25) is 0 Å². The van der Waals surface area contributed by atoms with Crippen molar-refractivity contribution < 1.29 is 13.2 Å². The number of hydrogen-bond acceptors (Lipinski definition) is 3. The molecule has 1 N–H and O–H groups in total. The second kappa shape index (κ2) is 9.13. The van der Waals surface area contributed by atoms with E-state index in [2.05, 4.69) is 5.32 Å². The van der Waals surface area contributed by atoms with Crippen molar-refractivity contribution in [2.45, 2.75) is 32.1 Å². The first-order valence-electron chi connectivity index (χ1n) is 9.96. The van der Waals surface area contributed by atoms with Gasteiger partial charge in [-0.1, -0.05) is 43.3 Å². The van der Waals surface area contributed by atoms with Crippen LogP contribution in [0.3, 0.4) is 0 Å². The standard InChI is InChI=1S/C24H26N2O3S/c1-4-19-11-9-10-18(3)23(19)25-24(27)20-14-16-21(17-15-20)26(5-2)30(28,29)22-12-7-6-8-13-22/h6-17H,4-5H2,1-3H3,(H,25,27). The Kier molecular flexibility index (Phi) is 6.57. The maximum absolute atomic E-state index is 13.0. The van der Waals surface area contributed by atoms with Crippen LogP contribution in [0.25, 0.3) is 0 Å². The summed E-state index contributed by atoms with van der Waals surface area (Å²) >= 11 is 0. The van der Waals surface area contributed by atoms with E-state index in [4.69, 9.17) is 0 Å². The Balaban J connectivity index is 1.85. The summed E-state index contributed by atoms with van der Waals surface area (Å²) in [6, 6.07) is 20.9. The number of para-hydroxylation sites is 1. The molecule has 30 heavy (non-hydrogen) atoms. The molecule has 3 aromatic carbocycles. The summed E-state index contributed by atoms with van der Waals surface area (Å²) < 4.78 is 27.3. The number of hydrogen-bond donors (Lipinski definition) is 1. The summed E-state index contributed by atoms with van der Waals surface area (Å²) in [5.74, 6) is -0.223. The molecule has 0 heterocycles. The summed E-state index contributed by atoms with van der Waals surface area (Å²) in [5, 5.41) is 2.99. The van der Waals surface area contributed by atoms with E-state index >= 15 is 0 Å². The van der Waals surface area contributed by atoms with Crippen molar-refractivity contribution in [3.63, 3.8) is 0 Å². The molecule has 0 saturated heterocycles. The van der Waals surface area contributed by atoms with Crippen LogP contribution in [-0.4, -0.2) is 20.9 Å². The minimum absolute atomic E-state index is 0.223. The van der Waals surface area contributed by atoms with Gasteiger partial charge in [0.15, 0.2) is 0 Å². The highest BCUT2D eigenvalue weighted by molar-refractivity contribution is 7.92. The predicted octanol–water partition coefficient (Wildman–Crippen LogP) is 5.02. The number of sulfonamides is 1. The Bertz CT molecular complexity index is 1120. The summed E-state index contributed by atoms with van der Waals surface area (Å²) in [4.78, 5) is 13.0. The van der Waals surface area contributed by atoms with Gasteiger partial charge in [-0.05, 0) is 67.8 Å². The van der Waals surface area contributed by atoms with Crippen molar-refractivity contribution in [1.82, 2.24) is 0 Å². The third-order valence-electron chi connectivity index (χ3n) is 5.01. The van der Waals surface area contributed by atoms with E-state index in [1.54, 1.807) is 61.5 Å². The molecule has 0 saturated carbocycles. The van der Waals surface area contributed by atoms with Gasteiger partial charge < -0.3 is 5.32 Å². The lowest BCUT2D eigenvalue weighted by atomic mass is 10.1. The number of carbonyl (C=O) groups excluding carboxylic acids is 1. The van der Waals surface area contributed by atoms with Crippen molar-refractivity contribution in [2.24, 2.45) is 0 Å². The zero-order chi connectivity index (χ0) is 21.7. The normalized spacial score (nSPS) is 11.2. The molecule has 0 bridgehead atoms. The molecule has 0 fully saturated rings. The van der Waals surface area contributed by atoms with Gasteiger partial charge in [0.05, 0.1) is 10.6 Å². The molecular weight excluding hydrogens is 396 g/mol. The lowest BCUT2D eigenvalue weighted by Gasteiger charge is -2.23. The van der Waals surface area contributed by atoms with Gasteiger partial charge in [0, 0.05) is 17.8 Å². The number of amides is 1. The Morgan fingerprint density at radius 2 is 1.57 bits per heavy atom. The molecule has 0 spiro atoms. The number of anilines is 2. The molecule has 6 heteroatoms. The van der Waals surface area contributed by atoms with Gasteiger partial charge in [0.1, 0.15) is 0 Å². The number of aryl methyl sites for hydroxylation is 2. The largest absolute Gasteiger partial charge is 0.321 e. The molecule has 0 radical (unpaired) electrons. The number of nitrogens with one attached hydrogen (secondary N) is 1. The second-order valence-electron chi connectivity index (χ2n) is 6.95. The SMILES string of the molecule is CCc1cccc(C)c1NC(=O)c1ccc(N(CC)S(=O)(=O)c2ccccc2)cc1. The van der Waals surface area contributed by atoms with Gasteiger partial charge in [0.25, 0.3) is 15.9 Å². The van der Waals surface area contributed by atoms with Gasteiger partial charge in [-0.2, -0.15) is 0 Å². The van der Waals surface area contributed by atoms with E-state index in [0.717, 1.165) is 23.2 Å². The van der Waals surface area contributed by atoms with Crippen molar-refractivity contribution in [3.05, 3.63) is 89.5 Å². The van der Waals surface area contributed by atoms with Gasteiger partial charge in [0.2, 0.25) is 0 Å². The Labute approximate surface area is 178 Å². The summed E-state index contributed by atoms with van der Waals surface area (Å²) in [6.07, 6.45) is 0.818. The Morgan fingerprint density at radius 1 is 0.900 bits per heavy atom. The van der Waals surface area contributed by atoms with E-state index in [1.165, 1.54) is 4.31 Å². The maximum atomic E-state index is 13.0. The number of rotatable bonds is 7. The Hall–Kier alpha value is -3.12. The molecule has 0 aliphatic rings. The summed E-state index contributed by atoms with van der Waals surface area (Å²) in [5.41, 5.74) is 3.90. The zero-order valence-corrected chi connectivity index (χ0v) is 18.2. The highest BCUT2D eigenvalue weighted by Crippen LogP contribution is 2.25. The van der Waals surface area contributed by atoms with Crippen LogP contribution in [0.4, 0.5) is 11.4 Å². The van der Waals surface area contributed by atoms with Gasteiger partial charge in [-0.3, -0.25) is 9.10 Å². The van der Waals surface area contributed by atoms with Crippen LogP contribution in [0.15, 0.2) is 77.7 Å². The molecule has 0 aliphatic heterocycles. The Morgan fingerprint density at radius 3 is 2.17 bits per heavy atom. The molecular formula is C24H26N2O3S. The third kappa shape index (κ3) is 4.39. The highest BCUT2D eigenvalue weighted by Gasteiger charge is 2.23. The van der Waals surface area contributed by atoms with Crippen LogP contribution in [0.1, 0.15) is 35.3 Å². The van der Waals surface area contributed by atoms with Crippen LogP contribution in [0, 0.1) is 6.92 Å². The lowest BCUT2D eigenvalue weighted by Crippen LogP contribution is -2.30. The number of nitrogens with zero attached hydrogens (tertiary/aromatic N) is 1. The predicted molar refractivity (Wildman–Crippen MR) is 122 cm³/mol. The van der Waals surface area contributed by atoms with E-state index in [9.17, 15) is 13.2 Å². The fourth-order valence-corrected chi connectivity index (χ4v) is 4.87. The molecule has 3 rings (SSSR count). The maximum Gasteiger partial charge on any atom is 0.264 e. The fraction of sp³-hybridized carbons (Fsp3) is 0.208. The summed E-state index contributed by atoms with van der Waals surface area (Å²) in [7, 11) is -3.67. The van der Waals surface area contributed by atoms with Crippen molar-refractivity contribution >= 4 is 27.3 Å². The summed E-state index contributed by atoms with van der Waals surface area (Å²) in [6.45, 7) is 6.08. The molecule has 1 amide bonds. The fourth-order valence-electron chi connectivity index (χ4n) is 3.38. The van der Waals surface area contributed by atoms with Crippen molar-refractivity contribution in [1.29, 1.82) is 0 Å². The average Bonchev–Trinajstić information content (AvgIpc) is 2.76. The van der Waals surface area contributed by atoms with Gasteiger partial charge in [-0.15, -0.1) is 0 Å². The minimum Gasteiger partial charge on any atom is -0.321 e. The third-order valence-corrected chi connectivity index (χ3v) is 6.93. The highest BCUT2D eigenvalue weighted by atomic mass is 32.2. The zero-order valence-electron chi connectivity index (χ0n) is 17.4. The molecule has 0 atom stereocenters. The molecule has 5 nitrogen and oxygen atoms in total. The first-order valence-corrected chi connectivity index (χ1v) is 11.4. The van der Waals surface area contributed by atoms with Crippen molar-refractivity contribution in [3.8, 4) is 0 Å². The van der Waals surface area contributed by atoms with Gasteiger partial charge in [-0.25, -0.2) is 8.42 Å². The smallest absolute Gasteiger partial charge is 0.264 e. The average molecular weight is 423 g/mol. The molecule has 0 aliphatic carbocycles. The van der Waals surface area contributed by atoms with Gasteiger partial charge >= 0.3 is 0 Å². The van der Waals surface area contributed by atoms with Crippen LogP contribution in [-0.2, 0) is 16.4 Å². The van der Waals surface area contributed by atoms with Crippen molar-refractivity contribution in [2.75, 3.05) is 16.2 Å². The lowest BCUT2D eigenvalue weighted by molar-refractivity contribution is 0.102. The topological polar surface area (TPSA) is 66.5 Å². The number of carbonyl (C=O) groups is 1. The molecule has 156 valence electrons. The minimum atomic E-state index is -3.67. The van der Waals surface area contributed by atoms with E-state index < -0.39 is 10.0 Å². The molecule has 3 aromatic rings. The first-order chi connectivity index (χ1) is 14.4. The van der Waals surface area contributed by atoms with Crippen LogP contribution >= 0.6 is 0 Å². The molecule has 0 unspecified atom stereocenters. The van der Waals surface area contributed by atoms with E-state index in [1.807, 2.05) is 32.0 Å². The first kappa shape index (κ1) is 21.6. The molecule has 0 aromatic heterocycles. The van der Waals surface area contributed by atoms with Crippen LogP contribution < -0.4 is 9.62 Å². The quantitative estimate of drug-likeness (QED) is 0.581. The van der Waals surface area contributed by atoms with E-state index in [-0.39, 0.29) is 17.3 Å². The number of benzene rings is 3. The van der Waals surface area contributed by atoms with Crippen LogP contribution in [0.5, 0.6) is 0 Å².